The van der Waals surface area contributed by atoms with Gasteiger partial charge in [0, 0.05) is 36.1 Å². The molecule has 0 spiro atoms. The maximum absolute atomic E-state index is 13.2. The Morgan fingerprint density at radius 3 is 2.76 bits per heavy atom. The molecule has 1 aliphatic heterocycles. The second-order valence-electron chi connectivity index (χ2n) is 7.65. The third-order valence-corrected chi connectivity index (χ3v) is 5.66. The Hall–Kier alpha value is -2.55. The van der Waals surface area contributed by atoms with Gasteiger partial charge in [-0.05, 0) is 57.4 Å². The van der Waals surface area contributed by atoms with Gasteiger partial charge in [-0.2, -0.15) is 18.2 Å². The SMILES string of the molecule is CN[C@@H]1CCCN(c2nc(Nc3ccc(N)c(C(F)(F)F)c3)nc3c2CCC3)C1. The van der Waals surface area contributed by atoms with Crippen LogP contribution in [-0.2, 0) is 19.0 Å². The molecule has 2 aliphatic rings. The van der Waals surface area contributed by atoms with Crippen LogP contribution in [0, 0.1) is 0 Å². The minimum Gasteiger partial charge on any atom is -0.398 e. The normalized spacial score (nSPS) is 19.3. The molecule has 156 valence electrons. The van der Waals surface area contributed by atoms with Crippen molar-refractivity contribution >= 4 is 23.1 Å². The number of nitrogens with two attached hydrogens (primary N) is 1. The van der Waals surface area contributed by atoms with E-state index in [0.29, 0.717) is 12.0 Å². The van der Waals surface area contributed by atoms with Crippen LogP contribution in [0.1, 0.15) is 36.1 Å². The molecule has 1 aromatic heterocycles. The van der Waals surface area contributed by atoms with Gasteiger partial charge < -0.3 is 21.3 Å². The van der Waals surface area contributed by atoms with Gasteiger partial charge in [-0.25, -0.2) is 4.98 Å². The summed E-state index contributed by atoms with van der Waals surface area (Å²) in [6.07, 6.45) is 0.493. The van der Waals surface area contributed by atoms with Crippen LogP contribution in [-0.4, -0.2) is 36.1 Å². The number of benzene rings is 1. The number of nitrogens with one attached hydrogen (secondary N) is 2. The van der Waals surface area contributed by atoms with Gasteiger partial charge in [0.25, 0.3) is 0 Å². The maximum Gasteiger partial charge on any atom is 0.418 e. The van der Waals surface area contributed by atoms with Gasteiger partial charge in [-0.15, -0.1) is 0 Å². The van der Waals surface area contributed by atoms with Crippen molar-refractivity contribution in [3.05, 3.63) is 35.0 Å². The molecule has 1 saturated heterocycles. The van der Waals surface area contributed by atoms with Crippen LogP contribution in [0.3, 0.4) is 0 Å². The monoisotopic (exact) mass is 406 g/mol. The number of halogens is 3. The summed E-state index contributed by atoms with van der Waals surface area (Å²) in [7, 11) is 1.96. The lowest BCUT2D eigenvalue weighted by atomic mass is 10.1. The van der Waals surface area contributed by atoms with E-state index in [0.717, 1.165) is 62.8 Å². The van der Waals surface area contributed by atoms with E-state index in [1.165, 1.54) is 17.7 Å². The summed E-state index contributed by atoms with van der Waals surface area (Å²) in [5, 5.41) is 6.29. The lowest BCUT2D eigenvalue weighted by Crippen LogP contribution is -2.45. The Kier molecular flexibility index (Phi) is 5.24. The molecule has 1 aliphatic carbocycles. The van der Waals surface area contributed by atoms with Crippen LogP contribution in [0.5, 0.6) is 0 Å². The highest BCUT2D eigenvalue weighted by Crippen LogP contribution is 2.36. The zero-order valence-electron chi connectivity index (χ0n) is 16.3. The summed E-state index contributed by atoms with van der Waals surface area (Å²) < 4.78 is 39.5. The van der Waals surface area contributed by atoms with E-state index in [-0.39, 0.29) is 11.4 Å². The second kappa shape index (κ2) is 7.70. The molecule has 0 amide bonds. The summed E-state index contributed by atoms with van der Waals surface area (Å²) in [5.41, 5.74) is 6.75. The average molecular weight is 406 g/mol. The van der Waals surface area contributed by atoms with E-state index in [2.05, 4.69) is 20.5 Å². The summed E-state index contributed by atoms with van der Waals surface area (Å²) in [5.74, 6) is 1.23. The number of hydrogen-bond donors (Lipinski definition) is 3. The number of hydrogen-bond acceptors (Lipinski definition) is 6. The number of aryl methyl sites for hydroxylation is 1. The van der Waals surface area contributed by atoms with E-state index < -0.39 is 11.7 Å². The second-order valence-corrected chi connectivity index (χ2v) is 7.65. The summed E-state index contributed by atoms with van der Waals surface area (Å²) in [6, 6.07) is 4.17. The van der Waals surface area contributed by atoms with Crippen LogP contribution in [0.4, 0.5) is 36.3 Å². The van der Waals surface area contributed by atoms with Gasteiger partial charge in [-0.1, -0.05) is 0 Å². The van der Waals surface area contributed by atoms with Crippen molar-refractivity contribution in [3.8, 4) is 0 Å². The molecule has 0 saturated carbocycles. The topological polar surface area (TPSA) is 79.1 Å². The lowest BCUT2D eigenvalue weighted by molar-refractivity contribution is -0.136. The molecule has 1 atom stereocenters. The Morgan fingerprint density at radius 1 is 1.17 bits per heavy atom. The van der Waals surface area contributed by atoms with Crippen molar-refractivity contribution in [2.24, 2.45) is 0 Å². The molecule has 0 bridgehead atoms. The molecule has 1 fully saturated rings. The van der Waals surface area contributed by atoms with Crippen molar-refractivity contribution in [2.75, 3.05) is 36.1 Å². The highest BCUT2D eigenvalue weighted by Gasteiger charge is 2.33. The van der Waals surface area contributed by atoms with E-state index in [9.17, 15) is 13.2 Å². The largest absolute Gasteiger partial charge is 0.418 e. The fraction of sp³-hybridized carbons (Fsp3) is 0.500. The number of fused-ring (bicyclic) bond motifs is 1. The third-order valence-electron chi connectivity index (χ3n) is 5.66. The highest BCUT2D eigenvalue weighted by molar-refractivity contribution is 5.64. The highest BCUT2D eigenvalue weighted by atomic mass is 19.4. The minimum atomic E-state index is -4.51. The first-order valence-corrected chi connectivity index (χ1v) is 9.91. The molecule has 0 radical (unpaired) electrons. The molecule has 0 unspecified atom stereocenters. The minimum absolute atomic E-state index is 0.266. The van der Waals surface area contributed by atoms with Crippen LogP contribution < -0.4 is 21.3 Å². The molecule has 9 heteroatoms. The molecule has 1 aromatic carbocycles. The average Bonchev–Trinajstić information content (AvgIpc) is 3.16. The van der Waals surface area contributed by atoms with E-state index in [1.807, 2.05) is 7.05 Å². The maximum atomic E-state index is 13.2. The molecular formula is C20H25F3N6. The number of nitrogens with zero attached hydrogens (tertiary/aromatic N) is 3. The Bertz CT molecular complexity index is 899. The zero-order chi connectivity index (χ0) is 20.6. The molecule has 4 N–H and O–H groups in total. The van der Waals surface area contributed by atoms with Crippen molar-refractivity contribution in [3.63, 3.8) is 0 Å². The Balaban J connectivity index is 1.66. The molecule has 2 aromatic rings. The number of nitrogen functional groups attached to an aromatic ring is 1. The van der Waals surface area contributed by atoms with Gasteiger partial charge in [-0.3, -0.25) is 0 Å². The van der Waals surface area contributed by atoms with Crippen LogP contribution in [0.15, 0.2) is 18.2 Å². The first kappa shape index (κ1) is 19.8. The van der Waals surface area contributed by atoms with Gasteiger partial charge in [0.2, 0.25) is 5.95 Å². The molecule has 6 nitrogen and oxygen atoms in total. The number of alkyl halides is 3. The standard InChI is InChI=1S/C20H25F3N6/c1-25-13-4-3-9-29(11-13)18-14-5-2-6-17(14)27-19(28-18)26-12-7-8-16(24)15(10-12)20(21,22)23/h7-8,10,13,25H,2-6,9,11,24H2,1H3,(H,26,27,28)/t13-/m1/s1. The van der Waals surface area contributed by atoms with Crippen molar-refractivity contribution in [1.82, 2.24) is 15.3 Å². The summed E-state index contributed by atoms with van der Waals surface area (Å²) in [4.78, 5) is 11.6. The first-order valence-electron chi connectivity index (χ1n) is 9.91. The van der Waals surface area contributed by atoms with E-state index in [1.54, 1.807) is 0 Å². The molecular weight excluding hydrogens is 381 g/mol. The number of piperidine rings is 1. The third kappa shape index (κ3) is 4.10. The quantitative estimate of drug-likeness (QED) is 0.675. The Labute approximate surface area is 167 Å². The lowest BCUT2D eigenvalue weighted by Gasteiger charge is -2.34. The first-order chi connectivity index (χ1) is 13.8. The summed E-state index contributed by atoms with van der Waals surface area (Å²) >= 11 is 0. The molecule has 4 rings (SSSR count). The fourth-order valence-electron chi connectivity index (χ4n) is 4.14. The number of aromatic nitrogens is 2. The van der Waals surface area contributed by atoms with Crippen LogP contribution in [0.2, 0.25) is 0 Å². The van der Waals surface area contributed by atoms with Gasteiger partial charge in [0.15, 0.2) is 0 Å². The fourth-order valence-corrected chi connectivity index (χ4v) is 4.14. The van der Waals surface area contributed by atoms with Gasteiger partial charge in [0.05, 0.1) is 11.3 Å². The number of rotatable bonds is 4. The Morgan fingerprint density at radius 2 is 2.00 bits per heavy atom. The molecule has 2 heterocycles. The smallest absolute Gasteiger partial charge is 0.398 e. The van der Waals surface area contributed by atoms with Crippen molar-refractivity contribution in [1.29, 1.82) is 0 Å². The van der Waals surface area contributed by atoms with E-state index >= 15 is 0 Å². The zero-order valence-corrected chi connectivity index (χ0v) is 16.3. The molecule has 29 heavy (non-hydrogen) atoms. The van der Waals surface area contributed by atoms with Gasteiger partial charge in [0.1, 0.15) is 5.82 Å². The number of anilines is 4. The van der Waals surface area contributed by atoms with Crippen LogP contribution in [0.25, 0.3) is 0 Å². The van der Waals surface area contributed by atoms with Crippen molar-refractivity contribution < 1.29 is 13.2 Å². The number of likely N-dealkylation sites (N-methyl/N-ethyl adjacent to an activating group) is 1. The predicted molar refractivity (Wildman–Crippen MR) is 107 cm³/mol. The van der Waals surface area contributed by atoms with Crippen molar-refractivity contribution in [2.45, 2.75) is 44.3 Å². The van der Waals surface area contributed by atoms with Crippen LogP contribution >= 0.6 is 0 Å². The van der Waals surface area contributed by atoms with E-state index in [4.69, 9.17) is 10.7 Å². The predicted octanol–water partition coefficient (Wildman–Crippen LogP) is 3.50. The van der Waals surface area contributed by atoms with Gasteiger partial charge >= 0.3 is 6.18 Å². The summed E-state index contributed by atoms with van der Waals surface area (Å²) in [6.45, 7) is 1.78.